The van der Waals surface area contributed by atoms with Crippen molar-refractivity contribution in [2.75, 3.05) is 26.3 Å². The minimum Gasteiger partial charge on any atom is -0.379 e. The fourth-order valence-corrected chi connectivity index (χ4v) is 0.962. The van der Waals surface area contributed by atoms with Crippen LogP contribution < -0.4 is 0 Å². The second-order valence-corrected chi connectivity index (χ2v) is 2.38. The lowest BCUT2D eigenvalue weighted by Crippen LogP contribution is -2.28. The van der Waals surface area contributed by atoms with Crippen LogP contribution in [0.15, 0.2) is 0 Å². The average molecular weight is 163 g/mol. The summed E-state index contributed by atoms with van der Waals surface area (Å²) in [5, 5.41) is 0. The van der Waals surface area contributed by atoms with E-state index >= 15 is 0 Å². The summed E-state index contributed by atoms with van der Waals surface area (Å²) >= 11 is 0. The van der Waals surface area contributed by atoms with Gasteiger partial charge in [-0.2, -0.15) is 0 Å². The molecule has 60 valence electrons. The quantitative estimate of drug-likeness (QED) is 0.549. The lowest BCUT2D eigenvalue weighted by molar-refractivity contribution is 0.0749. The topological polar surface area (TPSA) is 29.5 Å². The van der Waals surface area contributed by atoms with Gasteiger partial charge in [-0.15, -0.1) is 0 Å². The van der Waals surface area contributed by atoms with E-state index in [0.717, 1.165) is 26.3 Å². The molecule has 0 radical (unpaired) electrons. The Kier molecular flexibility index (Phi) is 7.15. The second kappa shape index (κ2) is 7.13. The molecule has 1 aliphatic heterocycles. The van der Waals surface area contributed by atoms with Crippen LogP contribution in [0.5, 0.6) is 0 Å². The van der Waals surface area contributed by atoms with Crippen molar-refractivity contribution < 1.29 is 9.30 Å². The van der Waals surface area contributed by atoms with E-state index in [1.165, 1.54) is 0 Å². The molecule has 1 aliphatic rings. The highest BCUT2D eigenvalue weighted by Crippen LogP contribution is 2.06. The van der Waals surface area contributed by atoms with Gasteiger partial charge in [0.2, 0.25) is 8.61 Å². The van der Waals surface area contributed by atoms with Crippen LogP contribution in [-0.4, -0.2) is 31.0 Å². The predicted molar refractivity (Wildman–Crippen MR) is 41.3 cm³/mol. The Morgan fingerprint density at radius 3 is 2.10 bits per heavy atom. The summed E-state index contributed by atoms with van der Waals surface area (Å²) in [5.74, 6) is 0. The molecule has 1 heterocycles. The van der Waals surface area contributed by atoms with Gasteiger partial charge in [0.05, 0.1) is 13.2 Å². The Balaban J connectivity index is 0.000000371. The van der Waals surface area contributed by atoms with Crippen LogP contribution in [0.1, 0.15) is 13.8 Å². The summed E-state index contributed by atoms with van der Waals surface area (Å²) in [4.78, 5) is 0. The summed E-state index contributed by atoms with van der Waals surface area (Å²) < 4.78 is 17.0. The molecule has 0 amide bonds. The van der Waals surface area contributed by atoms with Crippen LogP contribution in [0, 0.1) is 0 Å². The third-order valence-corrected chi connectivity index (χ3v) is 1.73. The summed E-state index contributed by atoms with van der Waals surface area (Å²) in [6, 6.07) is 0. The van der Waals surface area contributed by atoms with Gasteiger partial charge in [-0.05, 0) is 0 Å². The van der Waals surface area contributed by atoms with Gasteiger partial charge in [0.1, 0.15) is 0 Å². The van der Waals surface area contributed by atoms with Gasteiger partial charge in [0.15, 0.2) is 0 Å². The summed E-state index contributed by atoms with van der Waals surface area (Å²) in [6.45, 7) is 7.03. The van der Waals surface area contributed by atoms with E-state index in [1.54, 1.807) is 0 Å². The first-order valence-electron chi connectivity index (χ1n) is 3.59. The van der Waals surface area contributed by atoms with Gasteiger partial charge in [0.25, 0.3) is 0 Å². The number of morpholine rings is 1. The van der Waals surface area contributed by atoms with Crippen molar-refractivity contribution in [3.63, 3.8) is 0 Å². The molecule has 10 heavy (non-hydrogen) atoms. The molecule has 0 spiro atoms. The number of hydrogen-bond acceptors (Lipinski definition) is 2. The summed E-state index contributed by atoms with van der Waals surface area (Å²) in [5.41, 5.74) is 0. The van der Waals surface area contributed by atoms with Crippen molar-refractivity contribution in [2.24, 2.45) is 0 Å². The van der Waals surface area contributed by atoms with Crippen molar-refractivity contribution in [3.05, 3.63) is 0 Å². The van der Waals surface area contributed by atoms with Crippen molar-refractivity contribution in [2.45, 2.75) is 13.8 Å². The number of nitrogens with zero attached hydrogens (tertiary/aromatic N) is 1. The summed E-state index contributed by atoms with van der Waals surface area (Å²) in [7, 11) is 0.130. The highest BCUT2D eigenvalue weighted by Gasteiger charge is 2.07. The lowest BCUT2D eigenvalue weighted by atomic mass is 10.5. The van der Waals surface area contributed by atoms with E-state index in [-0.39, 0.29) is 8.61 Å². The molecule has 0 saturated carbocycles. The molecule has 0 aromatic heterocycles. The largest absolute Gasteiger partial charge is 0.379 e. The fraction of sp³-hybridized carbons (Fsp3) is 1.00. The predicted octanol–water partition coefficient (Wildman–Crippen LogP) is 1.55. The molecular weight excluding hydrogens is 149 g/mol. The minimum atomic E-state index is 0.130. The smallest absolute Gasteiger partial charge is 0.249 e. The first-order valence-corrected chi connectivity index (χ1v) is 4.36. The number of rotatable bonds is 1. The standard InChI is InChI=1S/C4H8NO2P.C2H6/c6-8-5-1-3-7-4-2-5;1-2/h1-4H2;1-2H3. The van der Waals surface area contributed by atoms with Gasteiger partial charge in [-0.1, -0.05) is 13.8 Å². The molecule has 1 saturated heterocycles. The zero-order valence-corrected chi connectivity index (χ0v) is 7.43. The Hall–Kier alpha value is 0.0200. The Labute approximate surface area is 63.6 Å². The van der Waals surface area contributed by atoms with Crippen LogP contribution >= 0.6 is 8.61 Å². The van der Waals surface area contributed by atoms with E-state index in [2.05, 4.69) is 0 Å². The van der Waals surface area contributed by atoms with Gasteiger partial charge in [-0.25, -0.2) is 4.67 Å². The Morgan fingerprint density at radius 2 is 1.80 bits per heavy atom. The van der Waals surface area contributed by atoms with E-state index in [9.17, 15) is 4.57 Å². The molecule has 0 aliphatic carbocycles. The molecule has 0 atom stereocenters. The maximum atomic E-state index is 10.1. The zero-order chi connectivity index (χ0) is 7.82. The van der Waals surface area contributed by atoms with Crippen molar-refractivity contribution in [1.82, 2.24) is 4.67 Å². The molecule has 0 aromatic rings. The molecular formula is C6H14NO2P. The monoisotopic (exact) mass is 163 g/mol. The highest BCUT2D eigenvalue weighted by molar-refractivity contribution is 7.20. The van der Waals surface area contributed by atoms with E-state index in [4.69, 9.17) is 4.74 Å². The van der Waals surface area contributed by atoms with Gasteiger partial charge in [-0.3, -0.25) is 4.57 Å². The molecule has 0 unspecified atom stereocenters. The molecule has 1 fully saturated rings. The van der Waals surface area contributed by atoms with Gasteiger partial charge in [0, 0.05) is 13.1 Å². The van der Waals surface area contributed by atoms with Crippen molar-refractivity contribution >= 4 is 8.61 Å². The number of hydrogen-bond donors (Lipinski definition) is 0. The second-order valence-electron chi connectivity index (χ2n) is 1.65. The maximum Gasteiger partial charge on any atom is 0.249 e. The van der Waals surface area contributed by atoms with Crippen LogP contribution in [0.2, 0.25) is 0 Å². The molecule has 0 aromatic carbocycles. The van der Waals surface area contributed by atoms with Crippen LogP contribution in [0.25, 0.3) is 0 Å². The SMILES string of the molecule is CC.O=PN1CCOCC1. The Morgan fingerprint density at radius 1 is 1.30 bits per heavy atom. The first-order chi connectivity index (χ1) is 4.93. The van der Waals surface area contributed by atoms with Crippen LogP contribution in [0.4, 0.5) is 0 Å². The number of ether oxygens (including phenoxy) is 1. The Bertz CT molecular complexity index is 83.8. The maximum absolute atomic E-state index is 10.1. The van der Waals surface area contributed by atoms with E-state index in [0.29, 0.717) is 0 Å². The fourth-order valence-electron chi connectivity index (χ4n) is 0.635. The normalized spacial score (nSPS) is 19.8. The molecule has 0 N–H and O–H groups in total. The summed E-state index contributed by atoms with van der Waals surface area (Å²) in [6.07, 6.45) is 0. The van der Waals surface area contributed by atoms with Gasteiger partial charge >= 0.3 is 0 Å². The third-order valence-electron chi connectivity index (χ3n) is 1.10. The van der Waals surface area contributed by atoms with E-state index in [1.807, 2.05) is 18.5 Å². The zero-order valence-electron chi connectivity index (χ0n) is 6.54. The minimum absolute atomic E-state index is 0.130. The molecule has 4 heteroatoms. The van der Waals surface area contributed by atoms with Crippen molar-refractivity contribution in [3.8, 4) is 0 Å². The molecule has 3 nitrogen and oxygen atoms in total. The highest BCUT2D eigenvalue weighted by atomic mass is 31.1. The van der Waals surface area contributed by atoms with Gasteiger partial charge < -0.3 is 4.74 Å². The first kappa shape index (κ1) is 10.0. The lowest BCUT2D eigenvalue weighted by Gasteiger charge is -2.18. The average Bonchev–Trinajstić information content (AvgIpc) is 2.10. The molecule has 0 bridgehead atoms. The van der Waals surface area contributed by atoms with Crippen LogP contribution in [-0.2, 0) is 9.30 Å². The molecule has 1 rings (SSSR count). The van der Waals surface area contributed by atoms with Crippen LogP contribution in [0.3, 0.4) is 0 Å². The van der Waals surface area contributed by atoms with E-state index < -0.39 is 0 Å². The third kappa shape index (κ3) is 3.94. The van der Waals surface area contributed by atoms with Crippen molar-refractivity contribution in [1.29, 1.82) is 0 Å².